The summed E-state index contributed by atoms with van der Waals surface area (Å²) < 4.78 is 0. The van der Waals surface area contributed by atoms with Crippen LogP contribution < -0.4 is 11.5 Å². The molecule has 0 saturated heterocycles. The van der Waals surface area contributed by atoms with Crippen LogP contribution >= 0.6 is 0 Å². The molecule has 0 unspecified atom stereocenters. The van der Waals surface area contributed by atoms with Crippen molar-refractivity contribution in [2.75, 3.05) is 0 Å². The molecule has 0 rings (SSSR count). The van der Waals surface area contributed by atoms with Crippen molar-refractivity contribution in [3.8, 4) is 0 Å². The van der Waals surface area contributed by atoms with Crippen LogP contribution in [0.4, 0.5) is 0 Å². The number of amides is 1. The molecular weight excluding hydrogens is 144 g/mol. The molecule has 0 saturated carbocycles. The molecule has 64 valence electrons. The molecule has 0 aromatic rings. The Hall–Kier alpha value is -0.900. The lowest BCUT2D eigenvalue weighted by Gasteiger charge is -2.04. The molecule has 0 spiro atoms. The highest BCUT2D eigenvalue weighted by Crippen LogP contribution is 1.97. The Labute approximate surface area is 65.9 Å². The van der Waals surface area contributed by atoms with Gasteiger partial charge in [0.25, 0.3) is 0 Å². The van der Waals surface area contributed by atoms with E-state index in [1.54, 1.807) is 6.92 Å². The largest absolute Gasteiger partial charge is 0.368 e. The molecule has 0 aliphatic rings. The molecule has 1 amide bonds. The van der Waals surface area contributed by atoms with Crippen molar-refractivity contribution in [2.45, 2.75) is 32.2 Å². The zero-order valence-electron chi connectivity index (χ0n) is 6.67. The van der Waals surface area contributed by atoms with Gasteiger partial charge in [0.2, 0.25) is 5.91 Å². The topological polar surface area (TPSA) is 86.2 Å². The molecule has 0 aromatic heterocycles. The summed E-state index contributed by atoms with van der Waals surface area (Å²) >= 11 is 0. The van der Waals surface area contributed by atoms with Crippen LogP contribution in [0.15, 0.2) is 0 Å². The van der Waals surface area contributed by atoms with E-state index in [9.17, 15) is 9.59 Å². The fourth-order valence-electron chi connectivity index (χ4n) is 0.636. The van der Waals surface area contributed by atoms with Gasteiger partial charge in [0, 0.05) is 12.8 Å². The smallest absolute Gasteiger partial charge is 0.234 e. The summed E-state index contributed by atoms with van der Waals surface area (Å²) in [4.78, 5) is 21.1. The lowest BCUT2D eigenvalue weighted by atomic mass is 10.1. The quantitative estimate of drug-likeness (QED) is 0.568. The molecule has 0 bridgehead atoms. The Morgan fingerprint density at radius 3 is 2.36 bits per heavy atom. The Balaban J connectivity index is 3.54. The molecule has 0 fully saturated rings. The first kappa shape index (κ1) is 10.1. The standard InChI is InChI=1S/C7H14N2O2/c1-2-5(10)3-4-6(8)7(9)11/h6H,2-4,8H2,1H3,(H2,9,11)/t6-/m0/s1. The van der Waals surface area contributed by atoms with Crippen molar-refractivity contribution in [3.05, 3.63) is 0 Å². The Morgan fingerprint density at radius 2 is 2.00 bits per heavy atom. The first-order valence-electron chi connectivity index (χ1n) is 3.64. The number of rotatable bonds is 5. The third-order valence-electron chi connectivity index (χ3n) is 1.49. The van der Waals surface area contributed by atoms with E-state index >= 15 is 0 Å². The zero-order chi connectivity index (χ0) is 8.85. The van der Waals surface area contributed by atoms with Gasteiger partial charge in [-0.25, -0.2) is 0 Å². The number of carbonyl (C=O) groups is 2. The van der Waals surface area contributed by atoms with Gasteiger partial charge in [0.15, 0.2) is 0 Å². The minimum atomic E-state index is -0.675. The molecule has 0 heterocycles. The van der Waals surface area contributed by atoms with Crippen molar-refractivity contribution in [2.24, 2.45) is 11.5 Å². The molecule has 0 radical (unpaired) electrons. The van der Waals surface area contributed by atoms with Gasteiger partial charge in [0.05, 0.1) is 6.04 Å². The van der Waals surface area contributed by atoms with E-state index in [1.807, 2.05) is 0 Å². The third-order valence-corrected chi connectivity index (χ3v) is 1.49. The van der Waals surface area contributed by atoms with Crippen LogP contribution in [0.1, 0.15) is 26.2 Å². The second kappa shape index (κ2) is 4.85. The van der Waals surface area contributed by atoms with Crippen LogP contribution in [0.2, 0.25) is 0 Å². The maximum absolute atomic E-state index is 10.7. The predicted octanol–water partition coefficient (Wildman–Crippen LogP) is -0.442. The van der Waals surface area contributed by atoms with E-state index in [4.69, 9.17) is 11.5 Å². The number of primary amides is 1. The maximum atomic E-state index is 10.7. The number of nitrogens with two attached hydrogens (primary N) is 2. The van der Waals surface area contributed by atoms with Gasteiger partial charge in [-0.2, -0.15) is 0 Å². The van der Waals surface area contributed by atoms with Crippen LogP contribution in [0, 0.1) is 0 Å². The monoisotopic (exact) mass is 158 g/mol. The van der Waals surface area contributed by atoms with Crippen molar-refractivity contribution < 1.29 is 9.59 Å². The fraction of sp³-hybridized carbons (Fsp3) is 0.714. The second-order valence-electron chi connectivity index (χ2n) is 2.44. The molecule has 11 heavy (non-hydrogen) atoms. The van der Waals surface area contributed by atoms with Gasteiger partial charge < -0.3 is 11.5 Å². The van der Waals surface area contributed by atoms with Gasteiger partial charge in [-0.1, -0.05) is 6.92 Å². The van der Waals surface area contributed by atoms with Crippen LogP contribution in [0.3, 0.4) is 0 Å². The minimum Gasteiger partial charge on any atom is -0.368 e. The summed E-state index contributed by atoms with van der Waals surface area (Å²) in [5.41, 5.74) is 10.2. The van der Waals surface area contributed by atoms with E-state index in [1.165, 1.54) is 0 Å². The van der Waals surface area contributed by atoms with Crippen LogP contribution in [-0.4, -0.2) is 17.7 Å². The van der Waals surface area contributed by atoms with Crippen molar-refractivity contribution in [3.63, 3.8) is 0 Å². The fourth-order valence-corrected chi connectivity index (χ4v) is 0.636. The van der Waals surface area contributed by atoms with E-state index < -0.39 is 11.9 Å². The number of ketones is 1. The van der Waals surface area contributed by atoms with Crippen molar-refractivity contribution in [1.82, 2.24) is 0 Å². The van der Waals surface area contributed by atoms with Gasteiger partial charge in [-0.3, -0.25) is 9.59 Å². The van der Waals surface area contributed by atoms with Gasteiger partial charge in [-0.05, 0) is 6.42 Å². The lowest BCUT2D eigenvalue weighted by Crippen LogP contribution is -2.36. The SMILES string of the molecule is CCC(=O)CC[C@H](N)C(N)=O. The van der Waals surface area contributed by atoms with E-state index in [-0.39, 0.29) is 5.78 Å². The second-order valence-corrected chi connectivity index (χ2v) is 2.44. The third kappa shape index (κ3) is 4.50. The van der Waals surface area contributed by atoms with Gasteiger partial charge in [0.1, 0.15) is 5.78 Å². The lowest BCUT2D eigenvalue weighted by molar-refractivity contribution is -0.120. The Morgan fingerprint density at radius 1 is 1.45 bits per heavy atom. The van der Waals surface area contributed by atoms with Crippen LogP contribution in [-0.2, 0) is 9.59 Å². The summed E-state index contributed by atoms with van der Waals surface area (Å²) in [6, 6.07) is -0.675. The number of hydrogen-bond donors (Lipinski definition) is 2. The first-order chi connectivity index (χ1) is 5.07. The van der Waals surface area contributed by atoms with Crippen LogP contribution in [0.25, 0.3) is 0 Å². The van der Waals surface area contributed by atoms with Crippen molar-refractivity contribution in [1.29, 1.82) is 0 Å². The minimum absolute atomic E-state index is 0.113. The molecule has 4 nitrogen and oxygen atoms in total. The summed E-state index contributed by atoms with van der Waals surface area (Å²) in [5.74, 6) is -0.435. The highest BCUT2D eigenvalue weighted by atomic mass is 16.1. The maximum Gasteiger partial charge on any atom is 0.234 e. The van der Waals surface area contributed by atoms with E-state index in [0.717, 1.165) is 0 Å². The summed E-state index contributed by atoms with van der Waals surface area (Å²) in [7, 11) is 0. The highest BCUT2D eigenvalue weighted by molar-refractivity contribution is 5.82. The molecule has 4 N–H and O–H groups in total. The average molecular weight is 158 g/mol. The molecule has 1 atom stereocenters. The Bertz CT molecular complexity index is 157. The van der Waals surface area contributed by atoms with Crippen LogP contribution in [0.5, 0.6) is 0 Å². The summed E-state index contributed by atoms with van der Waals surface area (Å²) in [6.07, 6.45) is 1.20. The van der Waals surface area contributed by atoms with Gasteiger partial charge >= 0.3 is 0 Å². The molecule has 0 aliphatic carbocycles. The summed E-state index contributed by atoms with van der Waals surface area (Å²) in [5, 5.41) is 0. The molecular formula is C7H14N2O2. The Kier molecular flexibility index (Phi) is 4.45. The number of hydrogen-bond acceptors (Lipinski definition) is 3. The van der Waals surface area contributed by atoms with E-state index in [2.05, 4.69) is 0 Å². The summed E-state index contributed by atoms with van der Waals surface area (Å²) in [6.45, 7) is 1.78. The number of carbonyl (C=O) groups excluding carboxylic acids is 2. The average Bonchev–Trinajstić information content (AvgIpc) is 1.99. The molecule has 4 heteroatoms. The number of Topliss-reactive ketones (excluding diaryl/α,β-unsaturated/α-hetero) is 1. The van der Waals surface area contributed by atoms with Crippen molar-refractivity contribution >= 4 is 11.7 Å². The predicted molar refractivity (Wildman–Crippen MR) is 41.7 cm³/mol. The highest BCUT2D eigenvalue weighted by Gasteiger charge is 2.10. The first-order valence-corrected chi connectivity index (χ1v) is 3.64. The zero-order valence-corrected chi connectivity index (χ0v) is 6.67. The molecule has 0 aromatic carbocycles. The normalized spacial score (nSPS) is 12.5. The van der Waals surface area contributed by atoms with Gasteiger partial charge in [-0.15, -0.1) is 0 Å². The molecule has 0 aliphatic heterocycles. The van der Waals surface area contributed by atoms with E-state index in [0.29, 0.717) is 19.3 Å².